The van der Waals surface area contributed by atoms with Gasteiger partial charge in [-0.3, -0.25) is 4.79 Å². The number of aliphatic hydroxyl groups is 1. The predicted octanol–water partition coefficient (Wildman–Crippen LogP) is 2.62. The Kier molecular flexibility index (Phi) is 5.20. The zero-order valence-corrected chi connectivity index (χ0v) is 21.7. The van der Waals surface area contributed by atoms with Crippen molar-refractivity contribution in [3.05, 3.63) is 71.3 Å². The van der Waals surface area contributed by atoms with Crippen molar-refractivity contribution in [3.63, 3.8) is 0 Å². The molecule has 1 saturated heterocycles. The summed E-state index contributed by atoms with van der Waals surface area (Å²) < 4.78 is 17.5. The second kappa shape index (κ2) is 8.92. The smallest absolute Gasteiger partial charge is 0.278 e. The van der Waals surface area contributed by atoms with E-state index in [0.29, 0.717) is 41.4 Å². The average Bonchev–Trinajstić information content (AvgIpc) is 3.65. The molecule has 1 atom stereocenters. The molecule has 0 radical (unpaired) electrons. The second-order valence-electron chi connectivity index (χ2n) is 10.3. The van der Waals surface area contributed by atoms with Crippen LogP contribution >= 0.6 is 0 Å². The van der Waals surface area contributed by atoms with Crippen LogP contribution < -0.4 is 20.5 Å². The third-order valence-corrected chi connectivity index (χ3v) is 7.70. The SMILES string of the molecule is [2H]C1(O)c2nc(-n3c4nc(Nc5ccc(N6CCN(C)CC6)cc5)ncc4c(=O)n3CC=C)ccc2OC12CC2. The van der Waals surface area contributed by atoms with Crippen molar-refractivity contribution in [1.82, 2.24) is 29.2 Å². The summed E-state index contributed by atoms with van der Waals surface area (Å²) >= 11 is 0. The predicted molar refractivity (Wildman–Crippen MR) is 148 cm³/mol. The van der Waals surface area contributed by atoms with Gasteiger partial charge in [-0.2, -0.15) is 4.98 Å². The van der Waals surface area contributed by atoms with Crippen molar-refractivity contribution >= 4 is 28.4 Å². The fourth-order valence-electron chi connectivity index (χ4n) is 5.29. The highest BCUT2D eigenvalue weighted by Crippen LogP contribution is 2.55. The Morgan fingerprint density at radius 2 is 1.95 bits per heavy atom. The first-order chi connectivity index (χ1) is 19.3. The van der Waals surface area contributed by atoms with Crippen LogP contribution in [0.4, 0.5) is 17.3 Å². The quantitative estimate of drug-likeness (QED) is 0.365. The normalized spacial score (nSPS) is 22.0. The molecule has 39 heavy (non-hydrogen) atoms. The minimum atomic E-state index is -1.97. The third-order valence-electron chi connectivity index (χ3n) is 7.70. The highest BCUT2D eigenvalue weighted by molar-refractivity contribution is 5.77. The number of allylic oxidation sites excluding steroid dienone is 1. The monoisotopic (exact) mass is 527 g/mol. The van der Waals surface area contributed by atoms with Crippen LogP contribution in [0.15, 0.2) is 60.0 Å². The Morgan fingerprint density at radius 1 is 1.18 bits per heavy atom. The maximum Gasteiger partial charge on any atom is 0.278 e. The van der Waals surface area contributed by atoms with Crippen molar-refractivity contribution in [1.29, 1.82) is 0 Å². The molecule has 1 aliphatic carbocycles. The van der Waals surface area contributed by atoms with Gasteiger partial charge >= 0.3 is 0 Å². The molecule has 3 aromatic heterocycles. The maximum absolute atomic E-state index is 13.3. The van der Waals surface area contributed by atoms with Gasteiger partial charge in [0.05, 0.1) is 7.92 Å². The number of likely N-dealkylation sites (N-methyl/N-ethyl adjacent to an activating group) is 1. The molecule has 7 rings (SSSR count). The maximum atomic E-state index is 13.3. The molecule has 200 valence electrons. The van der Waals surface area contributed by atoms with Gasteiger partial charge in [-0.15, -0.1) is 6.58 Å². The van der Waals surface area contributed by atoms with Crippen molar-refractivity contribution in [2.24, 2.45) is 0 Å². The molecule has 1 unspecified atom stereocenters. The number of hydrogen-bond acceptors (Lipinski definition) is 9. The topological polar surface area (TPSA) is 114 Å². The van der Waals surface area contributed by atoms with Gasteiger partial charge in [0.2, 0.25) is 5.95 Å². The van der Waals surface area contributed by atoms with Crippen molar-refractivity contribution in [2.75, 3.05) is 43.4 Å². The van der Waals surface area contributed by atoms with Crippen LogP contribution in [0.25, 0.3) is 16.9 Å². The molecule has 1 saturated carbocycles. The van der Waals surface area contributed by atoms with Crippen molar-refractivity contribution < 1.29 is 11.2 Å². The van der Waals surface area contributed by atoms with E-state index in [-0.39, 0.29) is 17.8 Å². The van der Waals surface area contributed by atoms with E-state index >= 15 is 0 Å². The molecule has 0 amide bonds. The average molecular weight is 528 g/mol. The van der Waals surface area contributed by atoms with Crippen LogP contribution in [0.5, 0.6) is 5.75 Å². The lowest BCUT2D eigenvalue weighted by atomic mass is 10.1. The molecular weight excluding hydrogens is 496 g/mol. The number of aromatic nitrogens is 5. The summed E-state index contributed by atoms with van der Waals surface area (Å²) in [6, 6.07) is 11.5. The van der Waals surface area contributed by atoms with Crippen LogP contribution in [0.3, 0.4) is 0 Å². The molecule has 1 aromatic carbocycles. The summed E-state index contributed by atoms with van der Waals surface area (Å²) in [6.45, 7) is 8.05. The Hall–Kier alpha value is -4.22. The molecule has 2 aliphatic heterocycles. The molecule has 2 N–H and O–H groups in total. The van der Waals surface area contributed by atoms with Crippen LogP contribution in [0, 0.1) is 0 Å². The Bertz CT molecular complexity index is 1680. The van der Waals surface area contributed by atoms with Crippen LogP contribution in [0.1, 0.15) is 26.0 Å². The standard InChI is InChI=1S/C28H30N8O3/c1-3-12-35-26(38)20-17-29-27(30-18-4-6-19(7-5-18)34-15-13-33(2)14-16-34)32-25(20)36(35)22-9-8-21-23(31-22)24(37)28(39-21)10-11-28/h3-9,17,24,37H,1,10-16H2,2H3,(H,29,30,32)/i24D. The lowest BCUT2D eigenvalue weighted by Crippen LogP contribution is -2.44. The molecular formula is C28H30N8O3. The largest absolute Gasteiger partial charge is 0.482 e. The van der Waals surface area contributed by atoms with Crippen LogP contribution in [-0.2, 0) is 6.54 Å². The number of ether oxygens (including phenoxy) is 1. The van der Waals surface area contributed by atoms with Gasteiger partial charge in [-0.05, 0) is 56.3 Å². The van der Waals surface area contributed by atoms with Gasteiger partial charge < -0.3 is 25.0 Å². The summed E-state index contributed by atoms with van der Waals surface area (Å²) in [5.41, 5.74) is 1.22. The first-order valence-electron chi connectivity index (χ1n) is 13.6. The van der Waals surface area contributed by atoms with Gasteiger partial charge in [0.25, 0.3) is 5.56 Å². The number of piperazine rings is 1. The molecule has 0 bridgehead atoms. The fraction of sp³-hybridized carbons (Fsp3) is 0.357. The van der Waals surface area contributed by atoms with Gasteiger partial charge in [-0.1, -0.05) is 6.08 Å². The zero-order valence-electron chi connectivity index (χ0n) is 22.7. The number of nitrogens with zero attached hydrogens (tertiary/aromatic N) is 7. The minimum absolute atomic E-state index is 0.134. The fourth-order valence-corrected chi connectivity index (χ4v) is 5.29. The number of nitrogens with one attached hydrogen (secondary N) is 1. The Balaban J connectivity index is 1.24. The molecule has 2 fully saturated rings. The van der Waals surface area contributed by atoms with Crippen molar-refractivity contribution in [2.45, 2.75) is 31.1 Å². The number of fused-ring (bicyclic) bond motifs is 2. The van der Waals surface area contributed by atoms with E-state index < -0.39 is 11.7 Å². The molecule has 4 aromatic rings. The summed E-state index contributed by atoms with van der Waals surface area (Å²) in [7, 11) is 2.14. The first kappa shape index (κ1) is 22.7. The highest BCUT2D eigenvalue weighted by Gasteiger charge is 2.58. The number of pyridine rings is 1. The van der Waals surface area contributed by atoms with E-state index in [1.165, 1.54) is 16.6 Å². The van der Waals surface area contributed by atoms with E-state index in [1.54, 1.807) is 22.9 Å². The van der Waals surface area contributed by atoms with Crippen LogP contribution in [0.2, 0.25) is 0 Å². The van der Waals surface area contributed by atoms with Gasteiger partial charge in [0, 0.05) is 43.8 Å². The molecule has 3 aliphatic rings. The summed E-state index contributed by atoms with van der Waals surface area (Å²) in [5.74, 6) is 1.04. The van der Waals surface area contributed by atoms with Crippen LogP contribution in [-0.4, -0.2) is 73.1 Å². The lowest BCUT2D eigenvalue weighted by Gasteiger charge is -2.34. The number of anilines is 3. The third kappa shape index (κ3) is 3.96. The number of benzene rings is 1. The van der Waals surface area contributed by atoms with E-state index in [9.17, 15) is 9.90 Å². The summed E-state index contributed by atoms with van der Waals surface area (Å²) in [6.07, 6.45) is 2.32. The molecule has 11 nitrogen and oxygen atoms in total. The van der Waals surface area contributed by atoms with E-state index in [1.807, 2.05) is 12.1 Å². The lowest BCUT2D eigenvalue weighted by molar-refractivity contribution is 0.0473. The molecule has 1 spiro atoms. The first-order valence-corrected chi connectivity index (χ1v) is 13.1. The Morgan fingerprint density at radius 3 is 2.67 bits per heavy atom. The van der Waals surface area contributed by atoms with E-state index in [4.69, 9.17) is 11.1 Å². The minimum Gasteiger partial charge on any atom is -0.482 e. The van der Waals surface area contributed by atoms with Crippen molar-refractivity contribution in [3.8, 4) is 11.6 Å². The number of rotatable bonds is 6. The number of hydrogen-bond donors (Lipinski definition) is 2. The second-order valence-corrected chi connectivity index (χ2v) is 10.3. The van der Waals surface area contributed by atoms with Gasteiger partial charge in [-0.25, -0.2) is 19.3 Å². The van der Waals surface area contributed by atoms with E-state index in [0.717, 1.165) is 31.9 Å². The summed E-state index contributed by atoms with van der Waals surface area (Å²) in [5, 5.41) is 14.5. The van der Waals surface area contributed by atoms with E-state index in [2.05, 4.69) is 50.8 Å². The molecule has 5 heterocycles. The molecule has 11 heteroatoms. The highest BCUT2D eigenvalue weighted by atomic mass is 16.5. The van der Waals surface area contributed by atoms with Gasteiger partial charge in [0.15, 0.2) is 11.5 Å². The summed E-state index contributed by atoms with van der Waals surface area (Å²) in [4.78, 5) is 31.7. The zero-order chi connectivity index (χ0) is 27.6. The Labute approximate surface area is 226 Å². The van der Waals surface area contributed by atoms with Gasteiger partial charge in [0.1, 0.15) is 28.5 Å².